The van der Waals surface area contributed by atoms with Crippen LogP contribution in [0.2, 0.25) is 0 Å². The van der Waals surface area contributed by atoms with E-state index >= 15 is 0 Å². The number of hydrazine groups is 1. The Kier molecular flexibility index (Phi) is 3.78. The van der Waals surface area contributed by atoms with Crippen LogP contribution in [0.1, 0.15) is 22.1 Å². The van der Waals surface area contributed by atoms with Gasteiger partial charge in [0.2, 0.25) is 10.0 Å². The number of carbonyl (C=O) groups is 1. The molecule has 2 aromatic rings. The van der Waals surface area contributed by atoms with Crippen molar-refractivity contribution in [2.75, 3.05) is 11.6 Å². The molecule has 8 heteroatoms. The van der Waals surface area contributed by atoms with Crippen LogP contribution in [0.3, 0.4) is 0 Å². The Balaban J connectivity index is 2.12. The van der Waals surface area contributed by atoms with Crippen LogP contribution in [0.15, 0.2) is 48.5 Å². The van der Waals surface area contributed by atoms with E-state index in [0.29, 0.717) is 11.3 Å². The Morgan fingerprint density at radius 1 is 1.13 bits per heavy atom. The van der Waals surface area contributed by atoms with Gasteiger partial charge in [-0.15, -0.1) is 4.83 Å². The number of sulfonamides is 1. The smallest absolute Gasteiger partial charge is 0.273 e. The van der Waals surface area contributed by atoms with Gasteiger partial charge in [-0.2, -0.15) is 0 Å². The topological polar surface area (TPSA) is 78.5 Å². The van der Waals surface area contributed by atoms with Crippen LogP contribution < -0.4 is 10.1 Å². The lowest BCUT2D eigenvalue weighted by atomic mass is 10.0. The predicted molar refractivity (Wildman–Crippen MR) is 83.4 cm³/mol. The summed E-state index contributed by atoms with van der Waals surface area (Å²) in [5.74, 6) is -1.10. The third kappa shape index (κ3) is 3.03. The molecule has 1 amide bonds. The van der Waals surface area contributed by atoms with Gasteiger partial charge in [-0.3, -0.25) is 4.79 Å². The predicted octanol–water partition coefficient (Wildman–Crippen LogP) is 1.86. The molecule has 1 atom stereocenters. The lowest BCUT2D eigenvalue weighted by Gasteiger charge is -2.37. The first-order valence-electron chi connectivity index (χ1n) is 6.78. The molecule has 23 heavy (non-hydrogen) atoms. The molecule has 0 fully saturated rings. The van der Waals surface area contributed by atoms with Gasteiger partial charge in [-0.1, -0.05) is 30.3 Å². The average Bonchev–Trinajstić information content (AvgIpc) is 2.50. The molecule has 1 heterocycles. The second kappa shape index (κ2) is 5.64. The van der Waals surface area contributed by atoms with Crippen molar-refractivity contribution in [3.05, 3.63) is 65.5 Å². The lowest BCUT2D eigenvalue weighted by Crippen LogP contribution is -2.52. The Labute approximate surface area is 132 Å². The number of nitrogens with zero attached hydrogens (tertiary/aromatic N) is 1. The van der Waals surface area contributed by atoms with Gasteiger partial charge in [0.1, 0.15) is 12.0 Å². The highest BCUT2D eigenvalue weighted by molar-refractivity contribution is 7.88. The van der Waals surface area contributed by atoms with E-state index in [2.05, 4.69) is 10.1 Å². The van der Waals surface area contributed by atoms with Crippen LogP contribution in [-0.2, 0) is 10.0 Å². The molecule has 0 spiro atoms. The van der Waals surface area contributed by atoms with Crippen molar-refractivity contribution in [3.63, 3.8) is 0 Å². The molecular weight excluding hydrogens is 321 g/mol. The van der Waals surface area contributed by atoms with Crippen molar-refractivity contribution in [1.29, 1.82) is 0 Å². The van der Waals surface area contributed by atoms with Crippen LogP contribution in [0.5, 0.6) is 0 Å². The molecule has 0 unspecified atom stereocenters. The van der Waals surface area contributed by atoms with E-state index in [4.69, 9.17) is 0 Å². The maximum absolute atomic E-state index is 14.1. The third-order valence-corrected chi connectivity index (χ3v) is 3.92. The maximum Gasteiger partial charge on any atom is 0.273 e. The normalized spacial score (nSPS) is 17.6. The number of rotatable bonds is 3. The van der Waals surface area contributed by atoms with Crippen molar-refractivity contribution < 1.29 is 17.6 Å². The highest BCUT2D eigenvalue weighted by Gasteiger charge is 2.35. The van der Waals surface area contributed by atoms with Crippen molar-refractivity contribution in [2.45, 2.75) is 6.17 Å². The summed E-state index contributed by atoms with van der Waals surface area (Å²) in [6.07, 6.45) is -0.0625. The Morgan fingerprint density at radius 2 is 1.78 bits per heavy atom. The van der Waals surface area contributed by atoms with Gasteiger partial charge < -0.3 is 5.32 Å². The van der Waals surface area contributed by atoms with Crippen LogP contribution >= 0.6 is 0 Å². The first kappa shape index (κ1) is 15.4. The van der Waals surface area contributed by atoms with E-state index in [1.54, 1.807) is 30.3 Å². The molecule has 1 aliphatic heterocycles. The summed E-state index contributed by atoms with van der Waals surface area (Å²) in [6.45, 7) is 0. The summed E-state index contributed by atoms with van der Waals surface area (Å²) in [7, 11) is -3.72. The first-order valence-corrected chi connectivity index (χ1v) is 8.67. The number of para-hydroxylation sites is 1. The van der Waals surface area contributed by atoms with Crippen molar-refractivity contribution in [3.8, 4) is 0 Å². The molecule has 1 aliphatic rings. The van der Waals surface area contributed by atoms with E-state index in [0.717, 1.165) is 11.3 Å². The molecule has 0 aliphatic carbocycles. The molecule has 6 nitrogen and oxygen atoms in total. The van der Waals surface area contributed by atoms with Crippen molar-refractivity contribution >= 4 is 21.6 Å². The molecule has 0 saturated heterocycles. The molecule has 0 aromatic heterocycles. The molecule has 0 radical (unpaired) electrons. The largest absolute Gasteiger partial charge is 0.360 e. The van der Waals surface area contributed by atoms with Gasteiger partial charge >= 0.3 is 0 Å². The minimum Gasteiger partial charge on any atom is -0.360 e. The number of benzene rings is 2. The van der Waals surface area contributed by atoms with Crippen molar-refractivity contribution in [1.82, 2.24) is 9.84 Å². The number of carbonyl (C=O) groups excluding carboxylic acids is 1. The van der Waals surface area contributed by atoms with Crippen LogP contribution in [0.4, 0.5) is 10.1 Å². The summed E-state index contributed by atoms with van der Waals surface area (Å²) in [4.78, 5) is 14.8. The van der Waals surface area contributed by atoms with Gasteiger partial charge in [-0.05, 0) is 18.2 Å². The SMILES string of the molecule is CS(=O)(=O)NN1C(=O)c2ccccc2N[C@@H]1c1ccccc1F. The van der Waals surface area contributed by atoms with Gasteiger partial charge in [0.15, 0.2) is 0 Å². The number of anilines is 1. The van der Waals surface area contributed by atoms with E-state index in [1.165, 1.54) is 18.2 Å². The molecule has 2 N–H and O–H groups in total. The fourth-order valence-electron chi connectivity index (χ4n) is 2.44. The minimum absolute atomic E-state index is 0.159. The van der Waals surface area contributed by atoms with Gasteiger partial charge in [0.25, 0.3) is 5.91 Å². The number of amides is 1. The standard InChI is InChI=1S/C15H14FN3O3S/c1-23(21,22)18-19-14(10-6-2-4-8-12(10)16)17-13-9-5-3-7-11(13)15(19)20/h2-9,14,17-18H,1H3/t14-/m0/s1. The number of hydrogen-bond donors (Lipinski definition) is 2. The molecule has 0 saturated carbocycles. The average molecular weight is 335 g/mol. The number of halogens is 1. The van der Waals surface area contributed by atoms with Crippen LogP contribution in [0, 0.1) is 5.82 Å². The zero-order chi connectivity index (χ0) is 16.6. The van der Waals surface area contributed by atoms with Gasteiger partial charge in [0, 0.05) is 11.3 Å². The summed E-state index contributed by atoms with van der Waals surface area (Å²) in [5, 5.41) is 3.88. The van der Waals surface area contributed by atoms with Crippen molar-refractivity contribution in [2.24, 2.45) is 0 Å². The third-order valence-electron chi connectivity index (χ3n) is 3.39. The highest BCUT2D eigenvalue weighted by atomic mass is 32.2. The Hall–Kier alpha value is -2.45. The Bertz CT molecular complexity index is 870. The zero-order valence-electron chi connectivity index (χ0n) is 12.2. The summed E-state index contributed by atoms with van der Waals surface area (Å²) >= 11 is 0. The number of nitrogens with one attached hydrogen (secondary N) is 2. The first-order chi connectivity index (χ1) is 10.9. The summed E-state index contributed by atoms with van der Waals surface area (Å²) < 4.78 is 37.3. The van der Waals surface area contributed by atoms with E-state index in [1.807, 2.05) is 0 Å². The highest BCUT2D eigenvalue weighted by Crippen LogP contribution is 2.32. The van der Waals surface area contributed by atoms with E-state index in [-0.39, 0.29) is 5.56 Å². The minimum atomic E-state index is -3.72. The van der Waals surface area contributed by atoms with Gasteiger partial charge in [0.05, 0.1) is 11.8 Å². The number of fused-ring (bicyclic) bond motifs is 1. The molecule has 2 aromatic carbocycles. The fourth-order valence-corrected chi connectivity index (χ4v) is 2.99. The van der Waals surface area contributed by atoms with Gasteiger partial charge in [-0.25, -0.2) is 17.8 Å². The Morgan fingerprint density at radius 3 is 2.48 bits per heavy atom. The maximum atomic E-state index is 14.1. The molecule has 120 valence electrons. The van der Waals surface area contributed by atoms with Crippen LogP contribution in [-0.4, -0.2) is 25.6 Å². The second-order valence-corrected chi connectivity index (χ2v) is 6.88. The quantitative estimate of drug-likeness (QED) is 0.897. The number of hydrogen-bond acceptors (Lipinski definition) is 4. The molecular formula is C15H14FN3O3S. The summed E-state index contributed by atoms with van der Waals surface area (Å²) in [6, 6.07) is 12.5. The monoisotopic (exact) mass is 335 g/mol. The fraction of sp³-hybridized carbons (Fsp3) is 0.133. The summed E-state index contributed by atoms with van der Waals surface area (Å²) in [5.41, 5.74) is 0.972. The van der Waals surface area contributed by atoms with E-state index in [9.17, 15) is 17.6 Å². The van der Waals surface area contributed by atoms with E-state index < -0.39 is 27.9 Å². The molecule has 3 rings (SSSR count). The molecule has 0 bridgehead atoms. The second-order valence-electron chi connectivity index (χ2n) is 5.15. The zero-order valence-corrected chi connectivity index (χ0v) is 13.0. The van der Waals surface area contributed by atoms with Crippen LogP contribution in [0.25, 0.3) is 0 Å². The lowest BCUT2D eigenvalue weighted by molar-refractivity contribution is 0.0630.